The molecule has 0 aliphatic heterocycles. The first kappa shape index (κ1) is 11.4. The van der Waals surface area contributed by atoms with Crippen LogP contribution in [-0.4, -0.2) is 22.7 Å². The molecule has 0 aromatic carbocycles. The van der Waals surface area contributed by atoms with Crippen molar-refractivity contribution in [2.75, 3.05) is 6.61 Å². The molecule has 1 aromatic heterocycles. The molecule has 1 heterocycles. The van der Waals surface area contributed by atoms with Gasteiger partial charge < -0.3 is 9.84 Å². The first-order valence-corrected chi connectivity index (χ1v) is 4.60. The van der Waals surface area contributed by atoms with Gasteiger partial charge in [-0.1, -0.05) is 6.58 Å². The largest absolute Gasteiger partial charge is 0.463 e. The Morgan fingerprint density at radius 3 is 2.73 bits per heavy atom. The highest BCUT2D eigenvalue weighted by Crippen LogP contribution is 2.20. The molecule has 0 saturated heterocycles. The van der Waals surface area contributed by atoms with Crippen molar-refractivity contribution in [3.63, 3.8) is 0 Å². The summed E-state index contributed by atoms with van der Waals surface area (Å²) in [5, 5.41) is 9.76. The van der Waals surface area contributed by atoms with Gasteiger partial charge in [0, 0.05) is 12.4 Å². The van der Waals surface area contributed by atoms with Crippen molar-refractivity contribution in [3.8, 4) is 0 Å². The van der Waals surface area contributed by atoms with Crippen molar-refractivity contribution in [3.05, 3.63) is 42.2 Å². The highest BCUT2D eigenvalue weighted by Gasteiger charge is 2.18. The SMILES string of the molecule is C=C(C(=O)OCC)C(O)c1ccncc1. The fourth-order valence-corrected chi connectivity index (χ4v) is 1.08. The van der Waals surface area contributed by atoms with E-state index in [1.165, 1.54) is 12.4 Å². The molecule has 1 rings (SSSR count). The molecule has 0 amide bonds. The van der Waals surface area contributed by atoms with Crippen LogP contribution in [0.4, 0.5) is 0 Å². The van der Waals surface area contributed by atoms with Crippen LogP contribution in [0.15, 0.2) is 36.7 Å². The maximum absolute atomic E-state index is 11.3. The number of hydrogen-bond acceptors (Lipinski definition) is 4. The molecule has 0 aliphatic carbocycles. The van der Waals surface area contributed by atoms with E-state index in [1.807, 2.05) is 0 Å². The van der Waals surface area contributed by atoms with E-state index in [4.69, 9.17) is 4.74 Å². The van der Waals surface area contributed by atoms with Gasteiger partial charge in [-0.3, -0.25) is 4.98 Å². The summed E-state index contributed by atoms with van der Waals surface area (Å²) < 4.78 is 4.73. The molecular formula is C11H13NO3. The van der Waals surface area contributed by atoms with Gasteiger partial charge >= 0.3 is 5.97 Å². The highest BCUT2D eigenvalue weighted by molar-refractivity contribution is 5.89. The molecule has 1 atom stereocenters. The second-order valence-electron chi connectivity index (χ2n) is 2.93. The van der Waals surface area contributed by atoms with Gasteiger partial charge in [0.05, 0.1) is 12.2 Å². The zero-order valence-corrected chi connectivity index (χ0v) is 8.51. The summed E-state index contributed by atoms with van der Waals surface area (Å²) in [6, 6.07) is 3.24. The van der Waals surface area contributed by atoms with Crippen molar-refractivity contribution in [2.24, 2.45) is 0 Å². The van der Waals surface area contributed by atoms with Crippen molar-refractivity contribution in [2.45, 2.75) is 13.0 Å². The monoisotopic (exact) mass is 207 g/mol. The summed E-state index contributed by atoms with van der Waals surface area (Å²) in [5.74, 6) is -0.582. The summed E-state index contributed by atoms with van der Waals surface area (Å²) in [4.78, 5) is 15.1. The summed E-state index contributed by atoms with van der Waals surface area (Å²) in [7, 11) is 0. The average molecular weight is 207 g/mol. The van der Waals surface area contributed by atoms with E-state index in [0.717, 1.165) is 0 Å². The Morgan fingerprint density at radius 2 is 2.20 bits per heavy atom. The lowest BCUT2D eigenvalue weighted by molar-refractivity contribution is -0.139. The minimum absolute atomic E-state index is 0.0306. The number of carbonyl (C=O) groups is 1. The van der Waals surface area contributed by atoms with Crippen molar-refractivity contribution in [1.29, 1.82) is 0 Å². The zero-order valence-electron chi connectivity index (χ0n) is 8.51. The van der Waals surface area contributed by atoms with Gasteiger partial charge in [0.15, 0.2) is 0 Å². The third-order valence-corrected chi connectivity index (χ3v) is 1.89. The van der Waals surface area contributed by atoms with E-state index < -0.39 is 12.1 Å². The average Bonchev–Trinajstić information content (AvgIpc) is 2.28. The molecule has 15 heavy (non-hydrogen) atoms. The molecule has 0 spiro atoms. The van der Waals surface area contributed by atoms with Gasteiger partial charge in [-0.15, -0.1) is 0 Å². The van der Waals surface area contributed by atoms with Crippen LogP contribution < -0.4 is 0 Å². The zero-order chi connectivity index (χ0) is 11.3. The van der Waals surface area contributed by atoms with E-state index >= 15 is 0 Å². The first-order valence-electron chi connectivity index (χ1n) is 4.60. The Labute approximate surface area is 88.2 Å². The number of esters is 1. The summed E-state index contributed by atoms with van der Waals surface area (Å²) in [6.07, 6.45) is 2.04. The molecule has 1 aromatic rings. The lowest BCUT2D eigenvalue weighted by Gasteiger charge is -2.12. The van der Waals surface area contributed by atoms with Crippen molar-refractivity contribution < 1.29 is 14.6 Å². The smallest absolute Gasteiger partial charge is 0.336 e. The standard InChI is InChI=1S/C11H13NO3/c1-3-15-11(14)8(2)10(13)9-4-6-12-7-5-9/h4-7,10,13H,2-3H2,1H3. The fourth-order valence-electron chi connectivity index (χ4n) is 1.08. The minimum Gasteiger partial charge on any atom is -0.463 e. The van der Waals surface area contributed by atoms with Gasteiger partial charge in [0.25, 0.3) is 0 Å². The Kier molecular flexibility index (Phi) is 4.00. The molecule has 0 aliphatic rings. The number of nitrogens with zero attached hydrogens (tertiary/aromatic N) is 1. The van der Waals surface area contributed by atoms with Gasteiger partial charge in [-0.25, -0.2) is 4.79 Å². The topological polar surface area (TPSA) is 59.4 Å². The van der Waals surface area contributed by atoms with Gasteiger partial charge in [0.2, 0.25) is 0 Å². The maximum atomic E-state index is 11.3. The minimum atomic E-state index is -1.04. The molecule has 1 N–H and O–H groups in total. The molecule has 0 saturated carbocycles. The van der Waals surface area contributed by atoms with E-state index in [9.17, 15) is 9.90 Å². The Balaban J connectivity index is 2.73. The number of ether oxygens (including phenoxy) is 1. The number of hydrogen-bond donors (Lipinski definition) is 1. The van der Waals surface area contributed by atoms with Gasteiger partial charge in [0.1, 0.15) is 6.10 Å². The normalized spacial score (nSPS) is 11.9. The molecule has 4 heteroatoms. The lowest BCUT2D eigenvalue weighted by atomic mass is 10.0. The highest BCUT2D eigenvalue weighted by atomic mass is 16.5. The fraction of sp³-hybridized carbons (Fsp3) is 0.273. The number of aliphatic hydroxyl groups is 1. The third kappa shape index (κ3) is 2.89. The molecule has 4 nitrogen and oxygen atoms in total. The number of aromatic nitrogens is 1. The molecule has 0 bridgehead atoms. The van der Waals surface area contributed by atoms with Crippen molar-refractivity contribution >= 4 is 5.97 Å². The molecular weight excluding hydrogens is 194 g/mol. The molecule has 80 valence electrons. The number of rotatable bonds is 4. The predicted octanol–water partition coefficient (Wildman–Crippen LogP) is 1.23. The Bertz CT molecular complexity index is 348. The molecule has 1 unspecified atom stereocenters. The van der Waals surface area contributed by atoms with E-state index in [2.05, 4.69) is 11.6 Å². The van der Waals surface area contributed by atoms with Crippen LogP contribution in [0.1, 0.15) is 18.6 Å². The quantitative estimate of drug-likeness (QED) is 0.596. The third-order valence-electron chi connectivity index (χ3n) is 1.89. The second kappa shape index (κ2) is 5.26. The number of carbonyl (C=O) groups excluding carboxylic acids is 1. The predicted molar refractivity (Wildman–Crippen MR) is 55.0 cm³/mol. The molecule has 0 radical (unpaired) electrons. The van der Waals surface area contributed by atoms with E-state index in [-0.39, 0.29) is 12.2 Å². The van der Waals surface area contributed by atoms with E-state index in [1.54, 1.807) is 19.1 Å². The summed E-state index contributed by atoms with van der Waals surface area (Å²) in [6.45, 7) is 5.47. The number of aliphatic hydroxyl groups excluding tert-OH is 1. The van der Waals surface area contributed by atoms with Crippen LogP contribution in [0.3, 0.4) is 0 Å². The van der Waals surface area contributed by atoms with E-state index in [0.29, 0.717) is 5.56 Å². The second-order valence-corrected chi connectivity index (χ2v) is 2.93. The summed E-state index contributed by atoms with van der Waals surface area (Å²) in [5.41, 5.74) is 0.603. The number of pyridine rings is 1. The van der Waals surface area contributed by atoms with Gasteiger partial charge in [-0.05, 0) is 24.6 Å². The summed E-state index contributed by atoms with van der Waals surface area (Å²) >= 11 is 0. The van der Waals surface area contributed by atoms with Crippen LogP contribution >= 0.6 is 0 Å². The van der Waals surface area contributed by atoms with Crippen LogP contribution in [-0.2, 0) is 9.53 Å². The molecule has 0 fully saturated rings. The Hall–Kier alpha value is -1.68. The maximum Gasteiger partial charge on any atom is 0.336 e. The van der Waals surface area contributed by atoms with Crippen LogP contribution in [0.5, 0.6) is 0 Å². The van der Waals surface area contributed by atoms with Crippen LogP contribution in [0.25, 0.3) is 0 Å². The van der Waals surface area contributed by atoms with Crippen LogP contribution in [0.2, 0.25) is 0 Å². The Morgan fingerprint density at radius 1 is 1.60 bits per heavy atom. The van der Waals surface area contributed by atoms with Crippen molar-refractivity contribution in [1.82, 2.24) is 4.98 Å². The van der Waals surface area contributed by atoms with Crippen LogP contribution in [0, 0.1) is 0 Å². The first-order chi connectivity index (χ1) is 7.16. The van der Waals surface area contributed by atoms with Gasteiger partial charge in [-0.2, -0.15) is 0 Å². The lowest BCUT2D eigenvalue weighted by Crippen LogP contribution is -2.13.